The average molecular weight is 266 g/mol. The normalized spacial score (nSPS) is 17.1. The first-order valence-corrected chi connectivity index (χ1v) is 7.64. The van der Waals surface area contributed by atoms with E-state index < -0.39 is 0 Å². The summed E-state index contributed by atoms with van der Waals surface area (Å²) in [5.74, 6) is 0.961. The summed E-state index contributed by atoms with van der Waals surface area (Å²) >= 11 is 1.56. The van der Waals surface area contributed by atoms with Gasteiger partial charge in [0.15, 0.2) is 0 Å². The molecule has 0 spiro atoms. The Balaban J connectivity index is 1.86. The van der Waals surface area contributed by atoms with Crippen LogP contribution in [0.15, 0.2) is 11.4 Å². The molecule has 2 heterocycles. The molecule has 0 aliphatic carbocycles. The molecule has 2 rings (SSSR count). The molecule has 1 saturated heterocycles. The lowest BCUT2D eigenvalue weighted by molar-refractivity contribution is 0.0694. The molecule has 18 heavy (non-hydrogen) atoms. The van der Waals surface area contributed by atoms with Crippen molar-refractivity contribution in [3.05, 3.63) is 21.9 Å². The highest BCUT2D eigenvalue weighted by atomic mass is 32.1. The molecule has 1 aromatic rings. The fourth-order valence-electron chi connectivity index (χ4n) is 2.42. The van der Waals surface area contributed by atoms with Crippen molar-refractivity contribution in [2.75, 3.05) is 26.2 Å². The summed E-state index contributed by atoms with van der Waals surface area (Å²) in [6.07, 6.45) is 2.26. The molecular weight excluding hydrogens is 244 g/mol. The Morgan fingerprint density at radius 3 is 2.78 bits per heavy atom. The number of carbonyl (C=O) groups is 1. The van der Waals surface area contributed by atoms with Crippen LogP contribution in [0.25, 0.3) is 0 Å². The van der Waals surface area contributed by atoms with Crippen LogP contribution in [-0.2, 0) is 0 Å². The number of rotatable bonds is 4. The zero-order chi connectivity index (χ0) is 13.0. The molecule has 0 radical (unpaired) electrons. The van der Waals surface area contributed by atoms with Crippen LogP contribution in [0.3, 0.4) is 0 Å². The monoisotopic (exact) mass is 266 g/mol. The molecule has 3 nitrogen and oxygen atoms in total. The van der Waals surface area contributed by atoms with E-state index >= 15 is 0 Å². The van der Waals surface area contributed by atoms with E-state index in [1.54, 1.807) is 11.3 Å². The largest absolute Gasteiger partial charge is 0.338 e. The van der Waals surface area contributed by atoms with Gasteiger partial charge in [0.05, 0.1) is 4.88 Å². The molecule has 4 heteroatoms. The number of piperidine rings is 1. The number of amides is 1. The second-order valence-electron chi connectivity index (χ2n) is 4.98. The van der Waals surface area contributed by atoms with Crippen LogP contribution in [0.5, 0.6) is 0 Å². The van der Waals surface area contributed by atoms with Crippen molar-refractivity contribution in [2.45, 2.75) is 26.7 Å². The highest BCUT2D eigenvalue weighted by Gasteiger charge is 2.24. The third kappa shape index (κ3) is 3.12. The highest BCUT2D eigenvalue weighted by molar-refractivity contribution is 7.12. The van der Waals surface area contributed by atoms with Crippen molar-refractivity contribution >= 4 is 17.2 Å². The summed E-state index contributed by atoms with van der Waals surface area (Å²) in [6.45, 7) is 8.10. The summed E-state index contributed by atoms with van der Waals surface area (Å²) in [7, 11) is 0. The van der Waals surface area contributed by atoms with E-state index in [1.165, 1.54) is 0 Å². The van der Waals surface area contributed by atoms with E-state index in [1.807, 2.05) is 23.3 Å². The molecular formula is C14H22N2OS. The van der Waals surface area contributed by atoms with Gasteiger partial charge in [-0.05, 0) is 55.8 Å². The van der Waals surface area contributed by atoms with Crippen molar-refractivity contribution in [2.24, 2.45) is 5.92 Å². The minimum absolute atomic E-state index is 0.226. The first-order chi connectivity index (χ1) is 8.72. The fourth-order valence-corrected chi connectivity index (χ4v) is 3.32. The minimum Gasteiger partial charge on any atom is -0.338 e. The van der Waals surface area contributed by atoms with Gasteiger partial charge in [0.25, 0.3) is 5.91 Å². The van der Waals surface area contributed by atoms with Gasteiger partial charge >= 0.3 is 0 Å². The van der Waals surface area contributed by atoms with Crippen LogP contribution in [-0.4, -0.2) is 37.0 Å². The van der Waals surface area contributed by atoms with Gasteiger partial charge in [-0.25, -0.2) is 0 Å². The van der Waals surface area contributed by atoms with Gasteiger partial charge in [0.1, 0.15) is 0 Å². The van der Waals surface area contributed by atoms with Gasteiger partial charge in [-0.1, -0.05) is 6.92 Å². The molecule has 0 bridgehead atoms. The summed E-state index contributed by atoms with van der Waals surface area (Å²) in [5, 5.41) is 5.40. The Morgan fingerprint density at radius 1 is 1.50 bits per heavy atom. The fraction of sp³-hybridized carbons (Fsp3) is 0.643. The molecule has 1 amide bonds. The van der Waals surface area contributed by atoms with Gasteiger partial charge < -0.3 is 10.2 Å². The number of aryl methyl sites for hydroxylation is 1. The lowest BCUT2D eigenvalue weighted by Crippen LogP contribution is -2.40. The topological polar surface area (TPSA) is 32.3 Å². The summed E-state index contributed by atoms with van der Waals surface area (Å²) in [6, 6.07) is 2.02. The summed E-state index contributed by atoms with van der Waals surface area (Å²) in [4.78, 5) is 15.3. The third-order valence-electron chi connectivity index (χ3n) is 3.64. The van der Waals surface area contributed by atoms with Crippen LogP contribution in [0.1, 0.15) is 35.0 Å². The summed E-state index contributed by atoms with van der Waals surface area (Å²) < 4.78 is 0. The van der Waals surface area contributed by atoms with Crippen molar-refractivity contribution in [3.8, 4) is 0 Å². The summed E-state index contributed by atoms with van der Waals surface area (Å²) in [5.41, 5.74) is 1.11. The lowest BCUT2D eigenvalue weighted by atomic mass is 9.96. The van der Waals surface area contributed by atoms with Crippen LogP contribution < -0.4 is 5.32 Å². The maximum Gasteiger partial charge on any atom is 0.264 e. The number of thiophene rings is 1. The van der Waals surface area contributed by atoms with E-state index in [2.05, 4.69) is 12.2 Å². The average Bonchev–Trinajstić information content (AvgIpc) is 2.82. The first-order valence-electron chi connectivity index (χ1n) is 6.76. The second-order valence-corrected chi connectivity index (χ2v) is 5.89. The lowest BCUT2D eigenvalue weighted by Gasteiger charge is -2.32. The number of carbonyl (C=O) groups excluding carboxylic acids is 1. The predicted octanol–water partition coefficient (Wildman–Crippen LogP) is 2.52. The van der Waals surface area contributed by atoms with Gasteiger partial charge in [-0.2, -0.15) is 0 Å². The Bertz CT molecular complexity index is 394. The Hall–Kier alpha value is -0.870. The molecule has 0 aromatic carbocycles. The minimum atomic E-state index is 0.226. The number of likely N-dealkylation sites (tertiary alicyclic amines) is 1. The van der Waals surface area contributed by atoms with Crippen molar-refractivity contribution in [3.63, 3.8) is 0 Å². The zero-order valence-electron chi connectivity index (χ0n) is 11.2. The molecule has 0 unspecified atom stereocenters. The molecule has 1 aliphatic rings. The molecule has 0 atom stereocenters. The standard InChI is InChI=1S/C14H22N2OS/c1-3-15-10-12-4-7-16(8-5-12)14(17)13-11(2)6-9-18-13/h6,9,12,15H,3-5,7-8,10H2,1-2H3. The third-order valence-corrected chi connectivity index (χ3v) is 4.65. The Morgan fingerprint density at radius 2 is 2.22 bits per heavy atom. The van der Waals surface area contributed by atoms with E-state index in [-0.39, 0.29) is 5.91 Å². The predicted molar refractivity (Wildman–Crippen MR) is 76.2 cm³/mol. The van der Waals surface area contributed by atoms with E-state index in [9.17, 15) is 4.79 Å². The Labute approximate surface area is 113 Å². The van der Waals surface area contributed by atoms with E-state index in [0.29, 0.717) is 0 Å². The molecule has 0 saturated carbocycles. The van der Waals surface area contributed by atoms with Crippen molar-refractivity contribution < 1.29 is 4.79 Å². The SMILES string of the molecule is CCNCC1CCN(C(=O)c2sccc2C)CC1. The second kappa shape index (κ2) is 6.34. The van der Waals surface area contributed by atoms with Gasteiger partial charge in [0, 0.05) is 13.1 Å². The number of hydrogen-bond acceptors (Lipinski definition) is 3. The maximum atomic E-state index is 12.3. The van der Waals surface area contributed by atoms with Gasteiger partial charge in [0.2, 0.25) is 0 Å². The molecule has 100 valence electrons. The van der Waals surface area contributed by atoms with Crippen LogP contribution in [0.4, 0.5) is 0 Å². The Kier molecular flexibility index (Phi) is 4.78. The highest BCUT2D eigenvalue weighted by Crippen LogP contribution is 2.22. The number of nitrogens with zero attached hydrogens (tertiary/aromatic N) is 1. The van der Waals surface area contributed by atoms with Crippen LogP contribution in [0, 0.1) is 12.8 Å². The van der Waals surface area contributed by atoms with Gasteiger partial charge in [-0.15, -0.1) is 11.3 Å². The van der Waals surface area contributed by atoms with Crippen LogP contribution in [0.2, 0.25) is 0 Å². The first kappa shape index (κ1) is 13.6. The molecule has 1 N–H and O–H groups in total. The maximum absolute atomic E-state index is 12.3. The van der Waals surface area contributed by atoms with Crippen LogP contribution >= 0.6 is 11.3 Å². The van der Waals surface area contributed by atoms with Crippen molar-refractivity contribution in [1.29, 1.82) is 0 Å². The zero-order valence-corrected chi connectivity index (χ0v) is 12.1. The van der Waals surface area contributed by atoms with E-state index in [0.717, 1.165) is 55.4 Å². The smallest absolute Gasteiger partial charge is 0.264 e. The molecule has 1 aromatic heterocycles. The quantitative estimate of drug-likeness (QED) is 0.908. The number of hydrogen-bond donors (Lipinski definition) is 1. The number of nitrogens with one attached hydrogen (secondary N) is 1. The van der Waals surface area contributed by atoms with Crippen molar-refractivity contribution in [1.82, 2.24) is 10.2 Å². The van der Waals surface area contributed by atoms with Gasteiger partial charge in [-0.3, -0.25) is 4.79 Å². The van der Waals surface area contributed by atoms with E-state index in [4.69, 9.17) is 0 Å². The molecule has 1 aliphatic heterocycles. The molecule has 1 fully saturated rings.